The van der Waals surface area contributed by atoms with Crippen molar-refractivity contribution in [2.45, 2.75) is 51.9 Å². The van der Waals surface area contributed by atoms with Gasteiger partial charge < -0.3 is 4.57 Å². The van der Waals surface area contributed by atoms with Crippen LogP contribution in [0, 0.1) is 0 Å². The standard InChI is InChI=1S/C13H23N5/c1-10(2)17-6-4-5-11(17)13-15-14-12-9-16(3)7-8-18(12)13/h10-11H,4-9H2,1-3H3/t11-/m1/s1. The SMILES string of the molecule is CC(C)N1CCC[C@@H]1c1nnc2n1CCN(C)C2. The van der Waals surface area contributed by atoms with Crippen LogP contribution in [0.2, 0.25) is 0 Å². The van der Waals surface area contributed by atoms with Crippen molar-refractivity contribution >= 4 is 0 Å². The molecule has 1 saturated heterocycles. The fourth-order valence-electron chi connectivity index (χ4n) is 3.23. The Balaban J connectivity index is 1.89. The van der Waals surface area contributed by atoms with Gasteiger partial charge >= 0.3 is 0 Å². The zero-order chi connectivity index (χ0) is 12.7. The first-order valence-corrected chi connectivity index (χ1v) is 7.03. The van der Waals surface area contributed by atoms with E-state index in [4.69, 9.17) is 0 Å². The smallest absolute Gasteiger partial charge is 0.150 e. The van der Waals surface area contributed by atoms with Crippen LogP contribution >= 0.6 is 0 Å². The van der Waals surface area contributed by atoms with Crippen LogP contribution in [0.25, 0.3) is 0 Å². The maximum absolute atomic E-state index is 4.49. The van der Waals surface area contributed by atoms with Crippen LogP contribution in [0.4, 0.5) is 0 Å². The van der Waals surface area contributed by atoms with Gasteiger partial charge in [0, 0.05) is 19.1 Å². The minimum absolute atomic E-state index is 0.481. The quantitative estimate of drug-likeness (QED) is 0.791. The van der Waals surface area contributed by atoms with Crippen LogP contribution in [0.15, 0.2) is 0 Å². The summed E-state index contributed by atoms with van der Waals surface area (Å²) in [7, 11) is 2.15. The fraction of sp³-hybridized carbons (Fsp3) is 0.846. The molecule has 1 aromatic rings. The van der Waals surface area contributed by atoms with Crippen molar-refractivity contribution in [3.8, 4) is 0 Å². The average Bonchev–Trinajstić information content (AvgIpc) is 2.92. The number of likely N-dealkylation sites (N-methyl/N-ethyl adjacent to an activating group) is 1. The molecular formula is C13H23N5. The third kappa shape index (κ3) is 1.95. The molecule has 0 N–H and O–H groups in total. The zero-order valence-electron chi connectivity index (χ0n) is 11.6. The molecule has 5 nitrogen and oxygen atoms in total. The first-order chi connectivity index (χ1) is 8.66. The molecule has 0 spiro atoms. The third-order valence-corrected chi connectivity index (χ3v) is 4.23. The molecule has 0 amide bonds. The number of hydrogen-bond acceptors (Lipinski definition) is 4. The molecule has 0 saturated carbocycles. The van der Waals surface area contributed by atoms with Crippen LogP contribution in [0.5, 0.6) is 0 Å². The van der Waals surface area contributed by atoms with Gasteiger partial charge in [0.1, 0.15) is 5.82 Å². The van der Waals surface area contributed by atoms with E-state index < -0.39 is 0 Å². The van der Waals surface area contributed by atoms with Gasteiger partial charge in [0.05, 0.1) is 12.6 Å². The molecule has 0 aliphatic carbocycles. The van der Waals surface area contributed by atoms with Crippen molar-refractivity contribution < 1.29 is 0 Å². The Bertz CT molecular complexity index is 425. The van der Waals surface area contributed by atoms with Crippen molar-refractivity contribution in [2.24, 2.45) is 0 Å². The lowest BCUT2D eigenvalue weighted by Gasteiger charge is -2.30. The predicted molar refractivity (Wildman–Crippen MR) is 70.2 cm³/mol. The highest BCUT2D eigenvalue weighted by Gasteiger charge is 2.33. The average molecular weight is 249 g/mol. The Morgan fingerprint density at radius 1 is 1.17 bits per heavy atom. The lowest BCUT2D eigenvalue weighted by molar-refractivity contribution is 0.188. The molecule has 0 unspecified atom stereocenters. The highest BCUT2D eigenvalue weighted by Crippen LogP contribution is 2.33. The maximum atomic E-state index is 4.49. The normalized spacial score (nSPS) is 25.9. The monoisotopic (exact) mass is 249 g/mol. The Morgan fingerprint density at radius 3 is 2.78 bits per heavy atom. The molecule has 1 atom stereocenters. The molecule has 3 heterocycles. The van der Waals surface area contributed by atoms with Crippen molar-refractivity contribution in [3.63, 3.8) is 0 Å². The fourth-order valence-corrected chi connectivity index (χ4v) is 3.23. The Hall–Kier alpha value is -0.940. The van der Waals surface area contributed by atoms with Gasteiger partial charge in [0.15, 0.2) is 5.82 Å². The summed E-state index contributed by atoms with van der Waals surface area (Å²) in [6, 6.07) is 1.08. The second-order valence-corrected chi connectivity index (χ2v) is 5.85. The molecule has 18 heavy (non-hydrogen) atoms. The van der Waals surface area contributed by atoms with E-state index in [-0.39, 0.29) is 0 Å². The molecule has 0 aromatic carbocycles. The summed E-state index contributed by atoms with van der Waals surface area (Å²) in [6.07, 6.45) is 2.51. The largest absolute Gasteiger partial charge is 0.311 e. The highest BCUT2D eigenvalue weighted by molar-refractivity contribution is 5.06. The van der Waals surface area contributed by atoms with Gasteiger partial charge in [-0.25, -0.2) is 0 Å². The minimum atomic E-state index is 0.481. The summed E-state index contributed by atoms with van der Waals surface area (Å²) in [6.45, 7) is 8.83. The summed E-state index contributed by atoms with van der Waals surface area (Å²) in [4.78, 5) is 4.87. The molecule has 3 rings (SSSR count). The molecule has 5 heteroatoms. The lowest BCUT2D eigenvalue weighted by Crippen LogP contribution is -2.35. The van der Waals surface area contributed by atoms with Gasteiger partial charge in [-0.2, -0.15) is 0 Å². The van der Waals surface area contributed by atoms with E-state index in [0.717, 1.165) is 25.5 Å². The Morgan fingerprint density at radius 2 is 2.00 bits per heavy atom. The molecule has 1 fully saturated rings. The van der Waals surface area contributed by atoms with Crippen LogP contribution in [-0.4, -0.2) is 50.7 Å². The number of hydrogen-bond donors (Lipinski definition) is 0. The van der Waals surface area contributed by atoms with E-state index in [1.807, 2.05) is 0 Å². The van der Waals surface area contributed by atoms with E-state index in [2.05, 4.69) is 45.5 Å². The summed E-state index contributed by atoms with van der Waals surface area (Å²) >= 11 is 0. The van der Waals surface area contributed by atoms with Crippen LogP contribution in [-0.2, 0) is 13.1 Å². The van der Waals surface area contributed by atoms with Crippen molar-refractivity contribution in [1.29, 1.82) is 0 Å². The van der Waals surface area contributed by atoms with Crippen molar-refractivity contribution in [3.05, 3.63) is 11.6 Å². The summed E-state index contributed by atoms with van der Waals surface area (Å²) in [5, 5.41) is 8.88. The van der Waals surface area contributed by atoms with E-state index in [1.165, 1.54) is 25.2 Å². The van der Waals surface area contributed by atoms with Gasteiger partial charge in [0.25, 0.3) is 0 Å². The molecule has 100 valence electrons. The number of nitrogens with zero attached hydrogens (tertiary/aromatic N) is 5. The second kappa shape index (κ2) is 4.63. The molecule has 2 aliphatic rings. The van der Waals surface area contributed by atoms with E-state index in [1.54, 1.807) is 0 Å². The highest BCUT2D eigenvalue weighted by atomic mass is 15.4. The molecule has 1 aromatic heterocycles. The summed E-state index contributed by atoms with van der Waals surface area (Å²) in [5.74, 6) is 2.33. The van der Waals surface area contributed by atoms with E-state index in [9.17, 15) is 0 Å². The predicted octanol–water partition coefficient (Wildman–Crippen LogP) is 1.27. The lowest BCUT2D eigenvalue weighted by atomic mass is 10.2. The molecular weight excluding hydrogens is 226 g/mol. The van der Waals surface area contributed by atoms with E-state index in [0.29, 0.717) is 12.1 Å². The Labute approximate surface area is 109 Å². The zero-order valence-corrected chi connectivity index (χ0v) is 11.6. The number of rotatable bonds is 2. The van der Waals surface area contributed by atoms with Crippen molar-refractivity contribution in [1.82, 2.24) is 24.6 Å². The number of fused-ring (bicyclic) bond motifs is 1. The molecule has 0 radical (unpaired) electrons. The van der Waals surface area contributed by atoms with Gasteiger partial charge in [-0.15, -0.1) is 10.2 Å². The van der Waals surface area contributed by atoms with Gasteiger partial charge in [-0.05, 0) is 40.3 Å². The second-order valence-electron chi connectivity index (χ2n) is 5.85. The van der Waals surface area contributed by atoms with Gasteiger partial charge in [-0.3, -0.25) is 9.80 Å². The van der Waals surface area contributed by atoms with Crippen LogP contribution < -0.4 is 0 Å². The molecule has 2 aliphatic heterocycles. The first kappa shape index (κ1) is 12.1. The summed E-state index contributed by atoms with van der Waals surface area (Å²) < 4.78 is 2.35. The first-order valence-electron chi connectivity index (χ1n) is 7.03. The third-order valence-electron chi connectivity index (χ3n) is 4.23. The van der Waals surface area contributed by atoms with Crippen LogP contribution in [0.1, 0.15) is 44.4 Å². The Kier molecular flexibility index (Phi) is 3.11. The minimum Gasteiger partial charge on any atom is -0.311 e. The van der Waals surface area contributed by atoms with E-state index >= 15 is 0 Å². The summed E-state index contributed by atoms with van der Waals surface area (Å²) in [5.41, 5.74) is 0. The topological polar surface area (TPSA) is 37.2 Å². The maximum Gasteiger partial charge on any atom is 0.150 e. The number of likely N-dealkylation sites (tertiary alicyclic amines) is 1. The van der Waals surface area contributed by atoms with Gasteiger partial charge in [0.2, 0.25) is 0 Å². The number of aromatic nitrogens is 3. The van der Waals surface area contributed by atoms with Gasteiger partial charge in [-0.1, -0.05) is 0 Å². The molecule has 0 bridgehead atoms. The van der Waals surface area contributed by atoms with Crippen LogP contribution in [0.3, 0.4) is 0 Å². The van der Waals surface area contributed by atoms with Crippen molar-refractivity contribution in [2.75, 3.05) is 20.1 Å².